The summed E-state index contributed by atoms with van der Waals surface area (Å²) in [7, 11) is 0. The average Bonchev–Trinajstić information content (AvgIpc) is 3.32. The maximum absolute atomic E-state index is 9.08. The van der Waals surface area contributed by atoms with Gasteiger partial charge >= 0.3 is 0 Å². The van der Waals surface area contributed by atoms with Crippen molar-refractivity contribution in [1.29, 1.82) is 5.26 Å². The van der Waals surface area contributed by atoms with E-state index in [0.29, 0.717) is 5.56 Å². The first-order chi connectivity index (χ1) is 13.3. The molecule has 27 heavy (non-hydrogen) atoms. The van der Waals surface area contributed by atoms with Crippen LogP contribution in [0.4, 0.5) is 0 Å². The Hall–Kier alpha value is -3.14. The van der Waals surface area contributed by atoms with Gasteiger partial charge in [-0.2, -0.15) is 10.4 Å². The number of rotatable bonds is 3. The number of benzene rings is 2. The highest BCUT2D eigenvalue weighted by Crippen LogP contribution is 2.30. The van der Waals surface area contributed by atoms with E-state index in [1.54, 1.807) is 0 Å². The zero-order valence-corrected chi connectivity index (χ0v) is 14.9. The van der Waals surface area contributed by atoms with Gasteiger partial charge in [-0.15, -0.1) is 0 Å². The molecular weight excluding hydrogens is 336 g/mol. The molecule has 4 aromatic rings. The maximum atomic E-state index is 9.08. The van der Waals surface area contributed by atoms with Gasteiger partial charge in [-0.1, -0.05) is 12.1 Å². The Labute approximate surface area is 156 Å². The molecule has 5 rings (SSSR count). The molecule has 3 heterocycles. The van der Waals surface area contributed by atoms with E-state index in [4.69, 9.17) is 5.26 Å². The smallest absolute Gasteiger partial charge is 0.116 e. The Morgan fingerprint density at radius 1 is 1.04 bits per heavy atom. The van der Waals surface area contributed by atoms with Gasteiger partial charge in [0.1, 0.15) is 5.69 Å². The fourth-order valence-corrected chi connectivity index (χ4v) is 3.89. The SMILES string of the molecule is N#Cc1ccc2c(-c3cc4c(CN5CCNCC5)cccc4[nH]3)n[nH]c2c1. The molecule has 0 radical (unpaired) electrons. The van der Waals surface area contributed by atoms with Crippen LogP contribution in [0, 0.1) is 11.3 Å². The number of hydrogen-bond donors (Lipinski definition) is 3. The Bertz CT molecular complexity index is 1160. The Morgan fingerprint density at radius 2 is 1.93 bits per heavy atom. The summed E-state index contributed by atoms with van der Waals surface area (Å²) in [5.74, 6) is 0. The monoisotopic (exact) mass is 356 g/mol. The van der Waals surface area contributed by atoms with Crippen molar-refractivity contribution in [2.24, 2.45) is 0 Å². The molecule has 0 aliphatic carbocycles. The van der Waals surface area contributed by atoms with Crippen LogP contribution in [0.3, 0.4) is 0 Å². The number of nitrogens with zero attached hydrogens (tertiary/aromatic N) is 3. The number of aromatic nitrogens is 3. The van der Waals surface area contributed by atoms with Crippen LogP contribution < -0.4 is 5.32 Å². The lowest BCUT2D eigenvalue weighted by Crippen LogP contribution is -2.42. The predicted molar refractivity (Wildman–Crippen MR) is 106 cm³/mol. The summed E-state index contributed by atoms with van der Waals surface area (Å²) in [5.41, 5.74) is 5.86. The summed E-state index contributed by atoms with van der Waals surface area (Å²) >= 11 is 0. The average molecular weight is 356 g/mol. The van der Waals surface area contributed by atoms with Crippen molar-refractivity contribution in [3.8, 4) is 17.5 Å². The summed E-state index contributed by atoms with van der Waals surface area (Å²) < 4.78 is 0. The summed E-state index contributed by atoms with van der Waals surface area (Å²) in [6, 6.07) is 16.4. The molecule has 3 N–H and O–H groups in total. The number of fused-ring (bicyclic) bond motifs is 2. The molecule has 0 bridgehead atoms. The second-order valence-corrected chi connectivity index (χ2v) is 7.03. The Kier molecular flexibility index (Phi) is 3.89. The van der Waals surface area contributed by atoms with E-state index in [0.717, 1.165) is 60.5 Å². The van der Waals surface area contributed by atoms with Gasteiger partial charge < -0.3 is 10.3 Å². The van der Waals surface area contributed by atoms with Gasteiger partial charge in [-0.05, 0) is 35.9 Å². The Morgan fingerprint density at radius 3 is 2.78 bits per heavy atom. The van der Waals surface area contributed by atoms with Gasteiger partial charge in [0.05, 0.1) is 22.8 Å². The summed E-state index contributed by atoms with van der Waals surface area (Å²) in [4.78, 5) is 6.01. The molecular formula is C21H20N6. The van der Waals surface area contributed by atoms with Crippen molar-refractivity contribution in [2.75, 3.05) is 26.2 Å². The van der Waals surface area contributed by atoms with Crippen LogP contribution in [0.15, 0.2) is 42.5 Å². The lowest BCUT2D eigenvalue weighted by molar-refractivity contribution is 0.234. The third kappa shape index (κ3) is 2.87. The molecule has 0 unspecified atom stereocenters. The van der Waals surface area contributed by atoms with Crippen LogP contribution >= 0.6 is 0 Å². The molecule has 6 nitrogen and oxygen atoms in total. The van der Waals surface area contributed by atoms with E-state index < -0.39 is 0 Å². The highest BCUT2D eigenvalue weighted by atomic mass is 15.2. The van der Waals surface area contributed by atoms with E-state index in [9.17, 15) is 0 Å². The van der Waals surface area contributed by atoms with Crippen molar-refractivity contribution >= 4 is 21.8 Å². The van der Waals surface area contributed by atoms with Crippen LogP contribution in [0.1, 0.15) is 11.1 Å². The predicted octanol–water partition coefficient (Wildman–Crippen LogP) is 2.99. The molecule has 2 aromatic heterocycles. The fraction of sp³-hybridized carbons (Fsp3) is 0.238. The van der Waals surface area contributed by atoms with Crippen LogP contribution in [-0.4, -0.2) is 46.3 Å². The van der Waals surface area contributed by atoms with Crippen molar-refractivity contribution < 1.29 is 0 Å². The third-order valence-corrected chi connectivity index (χ3v) is 5.31. The number of piperazine rings is 1. The maximum Gasteiger partial charge on any atom is 0.116 e. The van der Waals surface area contributed by atoms with Crippen LogP contribution in [0.2, 0.25) is 0 Å². The highest BCUT2D eigenvalue weighted by Gasteiger charge is 2.15. The molecule has 134 valence electrons. The quantitative estimate of drug-likeness (QED) is 0.527. The van der Waals surface area contributed by atoms with Crippen molar-refractivity contribution in [3.05, 3.63) is 53.6 Å². The zero-order valence-electron chi connectivity index (χ0n) is 14.9. The normalized spacial score (nSPS) is 15.4. The first kappa shape index (κ1) is 16.1. The second-order valence-electron chi connectivity index (χ2n) is 7.03. The van der Waals surface area contributed by atoms with Crippen molar-refractivity contribution in [2.45, 2.75) is 6.54 Å². The van der Waals surface area contributed by atoms with Gasteiger partial charge in [-0.3, -0.25) is 10.00 Å². The number of nitriles is 1. The van der Waals surface area contributed by atoms with Crippen LogP contribution in [-0.2, 0) is 6.54 Å². The minimum Gasteiger partial charge on any atom is -0.353 e. The largest absolute Gasteiger partial charge is 0.353 e. The first-order valence-electron chi connectivity index (χ1n) is 9.24. The molecule has 1 aliphatic heterocycles. The lowest BCUT2D eigenvalue weighted by atomic mass is 10.1. The minimum atomic E-state index is 0.632. The van der Waals surface area contributed by atoms with Crippen LogP contribution in [0.25, 0.3) is 33.2 Å². The second kappa shape index (κ2) is 6.54. The van der Waals surface area contributed by atoms with Gasteiger partial charge in [0.25, 0.3) is 0 Å². The minimum absolute atomic E-state index is 0.632. The van der Waals surface area contributed by atoms with E-state index in [-0.39, 0.29) is 0 Å². The summed E-state index contributed by atoms with van der Waals surface area (Å²) in [5, 5.41) is 22.3. The number of hydrogen-bond acceptors (Lipinski definition) is 4. The van der Waals surface area contributed by atoms with E-state index in [2.05, 4.69) is 55.7 Å². The van der Waals surface area contributed by atoms with E-state index in [1.165, 1.54) is 10.9 Å². The van der Waals surface area contributed by atoms with Gasteiger partial charge in [0.15, 0.2) is 0 Å². The van der Waals surface area contributed by atoms with Crippen LogP contribution in [0.5, 0.6) is 0 Å². The molecule has 1 saturated heterocycles. The standard InChI is InChI=1S/C21H20N6/c22-12-14-4-5-16-19(10-14)25-26-21(16)20-11-17-15(2-1-3-18(17)24-20)13-27-8-6-23-7-9-27/h1-5,10-11,23-24H,6-9,13H2,(H,25,26). The molecule has 0 spiro atoms. The fourth-order valence-electron chi connectivity index (χ4n) is 3.89. The van der Waals surface area contributed by atoms with E-state index >= 15 is 0 Å². The van der Waals surface area contributed by atoms with E-state index in [1.807, 2.05) is 18.2 Å². The molecule has 2 aromatic carbocycles. The van der Waals surface area contributed by atoms with Crippen molar-refractivity contribution in [3.63, 3.8) is 0 Å². The lowest BCUT2D eigenvalue weighted by Gasteiger charge is -2.27. The molecule has 0 atom stereocenters. The van der Waals surface area contributed by atoms with Gasteiger partial charge in [0.2, 0.25) is 0 Å². The third-order valence-electron chi connectivity index (χ3n) is 5.31. The number of H-pyrrole nitrogens is 2. The summed E-state index contributed by atoms with van der Waals surface area (Å²) in [6.07, 6.45) is 0. The Balaban J connectivity index is 1.55. The molecule has 0 saturated carbocycles. The van der Waals surface area contributed by atoms with Crippen molar-refractivity contribution in [1.82, 2.24) is 25.4 Å². The number of aromatic amines is 2. The molecule has 6 heteroatoms. The first-order valence-corrected chi connectivity index (χ1v) is 9.24. The molecule has 1 aliphatic rings. The topological polar surface area (TPSA) is 83.5 Å². The summed E-state index contributed by atoms with van der Waals surface area (Å²) in [6.45, 7) is 5.23. The highest BCUT2D eigenvalue weighted by molar-refractivity contribution is 5.96. The van der Waals surface area contributed by atoms with Gasteiger partial charge in [-0.25, -0.2) is 0 Å². The van der Waals surface area contributed by atoms with Gasteiger partial charge in [0, 0.05) is 49.0 Å². The zero-order chi connectivity index (χ0) is 18.2. The molecule has 1 fully saturated rings. The molecule has 0 amide bonds. The number of nitrogens with one attached hydrogen (secondary N) is 3.